The zero-order valence-corrected chi connectivity index (χ0v) is 15.0. The van der Waals surface area contributed by atoms with Crippen molar-refractivity contribution in [3.05, 3.63) is 58.6 Å². The highest BCUT2D eigenvalue weighted by molar-refractivity contribution is 9.10. The van der Waals surface area contributed by atoms with E-state index in [0.717, 1.165) is 23.4 Å². The molecule has 1 aromatic heterocycles. The Kier molecular flexibility index (Phi) is 5.44. The summed E-state index contributed by atoms with van der Waals surface area (Å²) in [6.07, 6.45) is 0. The molecule has 0 spiro atoms. The number of nitrogens with zero attached hydrogens (tertiary/aromatic N) is 2. The van der Waals surface area contributed by atoms with Crippen molar-refractivity contribution < 1.29 is 13.6 Å². The van der Waals surface area contributed by atoms with Gasteiger partial charge in [-0.2, -0.15) is 0 Å². The van der Waals surface area contributed by atoms with Crippen LogP contribution in [0, 0.1) is 11.6 Å². The molecule has 0 aliphatic heterocycles. The molecule has 25 heavy (non-hydrogen) atoms. The molecule has 128 valence electrons. The lowest BCUT2D eigenvalue weighted by atomic mass is 10.2. The largest absolute Gasteiger partial charge is 0.322 e. The van der Waals surface area contributed by atoms with Gasteiger partial charge in [-0.1, -0.05) is 42.1 Å². The minimum absolute atomic E-state index is 0.0185. The maximum atomic E-state index is 13.7. The summed E-state index contributed by atoms with van der Waals surface area (Å²) in [5.41, 5.74) is 0.774. The monoisotopic (exact) mass is 424 g/mol. The number of nitrogens with one attached hydrogen (secondary N) is 2. The quantitative estimate of drug-likeness (QED) is 0.600. The van der Waals surface area contributed by atoms with Crippen molar-refractivity contribution in [1.29, 1.82) is 0 Å². The van der Waals surface area contributed by atoms with E-state index in [1.165, 1.54) is 0 Å². The Labute approximate surface area is 154 Å². The van der Waals surface area contributed by atoms with Crippen LogP contribution in [0.2, 0.25) is 0 Å². The fourth-order valence-electron chi connectivity index (χ4n) is 2.00. The predicted molar refractivity (Wildman–Crippen MR) is 95.2 cm³/mol. The van der Waals surface area contributed by atoms with Gasteiger partial charge in [-0.15, -0.1) is 5.10 Å². The molecule has 0 bridgehead atoms. The van der Waals surface area contributed by atoms with Gasteiger partial charge in [0, 0.05) is 16.1 Å². The van der Waals surface area contributed by atoms with Crippen LogP contribution < -0.4 is 5.32 Å². The molecule has 5 nitrogen and oxygen atoms in total. The first kappa shape index (κ1) is 17.6. The van der Waals surface area contributed by atoms with Gasteiger partial charge in [0.1, 0.15) is 5.82 Å². The van der Waals surface area contributed by atoms with Crippen molar-refractivity contribution in [1.82, 2.24) is 15.2 Å². The van der Waals surface area contributed by atoms with Crippen molar-refractivity contribution in [3.63, 3.8) is 0 Å². The van der Waals surface area contributed by atoms with E-state index < -0.39 is 17.5 Å². The number of H-pyrrole nitrogens is 1. The third-order valence-electron chi connectivity index (χ3n) is 3.12. The molecule has 0 fully saturated rings. The van der Waals surface area contributed by atoms with Crippen molar-refractivity contribution in [3.8, 4) is 11.4 Å². The summed E-state index contributed by atoms with van der Waals surface area (Å²) in [7, 11) is 0. The molecule has 0 saturated heterocycles. The maximum Gasteiger partial charge on any atom is 0.234 e. The van der Waals surface area contributed by atoms with E-state index in [1.54, 1.807) is 0 Å². The van der Waals surface area contributed by atoms with Crippen molar-refractivity contribution in [2.45, 2.75) is 5.16 Å². The van der Waals surface area contributed by atoms with Gasteiger partial charge in [0.05, 0.1) is 11.4 Å². The lowest BCUT2D eigenvalue weighted by Crippen LogP contribution is -2.15. The van der Waals surface area contributed by atoms with Gasteiger partial charge in [0.25, 0.3) is 0 Å². The lowest BCUT2D eigenvalue weighted by molar-refractivity contribution is -0.113. The second kappa shape index (κ2) is 7.75. The number of amides is 1. The standard InChI is InChI=1S/C16H11BrF2N4OS/c17-11-6-10(18)7-12(19)14(11)20-13(24)8-25-16-21-15(22-23-16)9-4-2-1-3-5-9/h1-7H,8H2,(H,20,24)(H,21,22,23). The van der Waals surface area contributed by atoms with Gasteiger partial charge in [-0.05, 0) is 22.0 Å². The molecular formula is C16H11BrF2N4OS. The van der Waals surface area contributed by atoms with E-state index in [0.29, 0.717) is 17.0 Å². The number of carbonyl (C=O) groups excluding carboxylic acids is 1. The number of rotatable bonds is 5. The number of aromatic nitrogens is 3. The highest BCUT2D eigenvalue weighted by Crippen LogP contribution is 2.27. The van der Waals surface area contributed by atoms with Crippen LogP contribution in [0.3, 0.4) is 0 Å². The minimum atomic E-state index is -0.852. The summed E-state index contributed by atoms with van der Waals surface area (Å²) < 4.78 is 26.9. The molecule has 2 aromatic carbocycles. The Bertz CT molecular complexity index is 881. The molecule has 9 heteroatoms. The second-order valence-corrected chi connectivity index (χ2v) is 6.71. The summed E-state index contributed by atoms with van der Waals surface area (Å²) >= 11 is 4.12. The SMILES string of the molecule is O=C(CSc1n[nH]c(-c2ccccc2)n1)Nc1c(F)cc(F)cc1Br. The first-order valence-electron chi connectivity index (χ1n) is 7.08. The summed E-state index contributed by atoms with van der Waals surface area (Å²) in [6, 6.07) is 11.2. The van der Waals surface area contributed by atoms with Crippen LogP contribution in [0.1, 0.15) is 0 Å². The minimum Gasteiger partial charge on any atom is -0.322 e. The molecule has 1 heterocycles. The van der Waals surface area contributed by atoms with E-state index in [1.807, 2.05) is 30.3 Å². The van der Waals surface area contributed by atoms with E-state index in [2.05, 4.69) is 36.4 Å². The van der Waals surface area contributed by atoms with Gasteiger partial charge in [0.2, 0.25) is 11.1 Å². The van der Waals surface area contributed by atoms with Gasteiger partial charge in [-0.25, -0.2) is 13.8 Å². The van der Waals surface area contributed by atoms with Gasteiger partial charge >= 0.3 is 0 Å². The van der Waals surface area contributed by atoms with Crippen LogP contribution in [0.5, 0.6) is 0 Å². The molecule has 2 N–H and O–H groups in total. The number of benzene rings is 2. The van der Waals surface area contributed by atoms with Gasteiger partial charge in [-0.3, -0.25) is 9.89 Å². The van der Waals surface area contributed by atoms with Crippen LogP contribution in [-0.2, 0) is 4.79 Å². The second-order valence-electron chi connectivity index (χ2n) is 4.91. The van der Waals surface area contributed by atoms with Crippen molar-refractivity contribution >= 4 is 39.3 Å². The number of aromatic amines is 1. The Morgan fingerprint density at radius 1 is 1.24 bits per heavy atom. The normalized spacial score (nSPS) is 10.7. The average Bonchev–Trinajstić information content (AvgIpc) is 3.06. The highest BCUT2D eigenvalue weighted by atomic mass is 79.9. The van der Waals surface area contributed by atoms with E-state index in [-0.39, 0.29) is 15.9 Å². The van der Waals surface area contributed by atoms with Crippen LogP contribution in [0.15, 0.2) is 52.1 Å². The molecule has 1 amide bonds. The van der Waals surface area contributed by atoms with Gasteiger partial charge < -0.3 is 5.32 Å². The van der Waals surface area contributed by atoms with Gasteiger partial charge in [0.15, 0.2) is 11.6 Å². The topological polar surface area (TPSA) is 70.7 Å². The fraction of sp³-hybridized carbons (Fsp3) is 0.0625. The summed E-state index contributed by atoms with van der Waals surface area (Å²) in [5, 5.41) is 9.63. The third-order valence-corrected chi connectivity index (χ3v) is 4.59. The third kappa shape index (κ3) is 4.43. The van der Waals surface area contributed by atoms with Crippen molar-refractivity contribution in [2.75, 3.05) is 11.1 Å². The Balaban J connectivity index is 1.61. The van der Waals surface area contributed by atoms with Crippen LogP contribution in [0.25, 0.3) is 11.4 Å². The molecule has 0 unspecified atom stereocenters. The number of carbonyl (C=O) groups is 1. The van der Waals surface area contributed by atoms with Crippen LogP contribution in [-0.4, -0.2) is 26.8 Å². The fourth-order valence-corrected chi connectivity index (χ4v) is 3.11. The zero-order chi connectivity index (χ0) is 17.8. The first-order chi connectivity index (χ1) is 12.0. The number of hydrogen-bond donors (Lipinski definition) is 2. The Morgan fingerprint density at radius 2 is 2.00 bits per heavy atom. The maximum absolute atomic E-state index is 13.7. The smallest absolute Gasteiger partial charge is 0.234 e. The highest BCUT2D eigenvalue weighted by Gasteiger charge is 2.14. The number of halogens is 3. The van der Waals surface area contributed by atoms with E-state index in [4.69, 9.17) is 0 Å². The first-order valence-corrected chi connectivity index (χ1v) is 8.86. The molecule has 0 aliphatic carbocycles. The lowest BCUT2D eigenvalue weighted by Gasteiger charge is -2.08. The predicted octanol–water partition coefficient (Wildman–Crippen LogP) is 4.24. The Morgan fingerprint density at radius 3 is 2.72 bits per heavy atom. The molecule has 0 atom stereocenters. The summed E-state index contributed by atoms with van der Waals surface area (Å²) in [4.78, 5) is 16.3. The average molecular weight is 425 g/mol. The van der Waals surface area contributed by atoms with E-state index in [9.17, 15) is 13.6 Å². The molecule has 3 aromatic rings. The van der Waals surface area contributed by atoms with Crippen LogP contribution >= 0.6 is 27.7 Å². The number of thioether (sulfide) groups is 1. The van der Waals surface area contributed by atoms with E-state index >= 15 is 0 Å². The number of hydrogen-bond acceptors (Lipinski definition) is 4. The molecule has 0 radical (unpaired) electrons. The molecule has 3 rings (SSSR count). The summed E-state index contributed by atoms with van der Waals surface area (Å²) in [5.74, 6) is -1.46. The molecule has 0 saturated carbocycles. The zero-order valence-electron chi connectivity index (χ0n) is 12.6. The van der Waals surface area contributed by atoms with Crippen LogP contribution in [0.4, 0.5) is 14.5 Å². The van der Waals surface area contributed by atoms with Crippen molar-refractivity contribution in [2.24, 2.45) is 0 Å². The Hall–Kier alpha value is -2.26. The summed E-state index contributed by atoms with van der Waals surface area (Å²) in [6.45, 7) is 0. The number of anilines is 1. The molecular weight excluding hydrogens is 414 g/mol. The molecule has 0 aliphatic rings.